The van der Waals surface area contributed by atoms with Crippen molar-refractivity contribution in [3.63, 3.8) is 0 Å². The van der Waals surface area contributed by atoms with Crippen LogP contribution in [0, 0.1) is 0 Å². The Bertz CT molecular complexity index is 2650. The molecule has 15 heteroatoms. The smallest absolute Gasteiger partial charge is 0.437 e. The van der Waals surface area contributed by atoms with Crippen LogP contribution in [0.4, 0.5) is 24.0 Å². The molecule has 0 heterocycles. The summed E-state index contributed by atoms with van der Waals surface area (Å²) in [6.07, 6.45) is -3.86. The summed E-state index contributed by atoms with van der Waals surface area (Å²) in [4.78, 5) is 57.6. The summed E-state index contributed by atoms with van der Waals surface area (Å²) in [6, 6.07) is 44.6. The quantitative estimate of drug-likeness (QED) is 0.0489. The van der Waals surface area contributed by atoms with E-state index in [2.05, 4.69) is 77.8 Å². The van der Waals surface area contributed by atoms with E-state index in [4.69, 9.17) is 28.4 Å². The molecule has 0 spiro atoms. The Hall–Kier alpha value is -8.33. The molecule has 0 atom stereocenters. The lowest BCUT2D eigenvalue weighted by Crippen LogP contribution is -2.26. The number of methoxy groups -OCH3 is 4. The monoisotopic (exact) mass is 984 g/mol. The van der Waals surface area contributed by atoms with Crippen molar-refractivity contribution in [1.29, 1.82) is 0 Å². The Labute approximate surface area is 419 Å². The molecule has 0 aliphatic carbocycles. The van der Waals surface area contributed by atoms with Gasteiger partial charge in [0.1, 0.15) is 34.3 Å². The summed E-state index contributed by atoms with van der Waals surface area (Å²) in [5, 5.41) is 0. The molecule has 0 N–H and O–H groups in total. The molecule has 6 aromatic carbocycles. The van der Waals surface area contributed by atoms with Gasteiger partial charge in [0.2, 0.25) is 0 Å². The van der Waals surface area contributed by atoms with Crippen LogP contribution in [0.2, 0.25) is 0 Å². The highest BCUT2D eigenvalue weighted by Crippen LogP contribution is 2.42. The Morgan fingerprint density at radius 1 is 0.278 bits per heavy atom. The minimum absolute atomic E-state index is 0.298. The molecule has 6 rings (SSSR count). The second-order valence-corrected chi connectivity index (χ2v) is 18.4. The maximum absolute atomic E-state index is 12.1. The summed E-state index contributed by atoms with van der Waals surface area (Å²) < 4.78 is 49.1. The topological polar surface area (TPSA) is 178 Å². The Kier molecular flexibility index (Phi) is 17.8. The third-order valence-electron chi connectivity index (χ3n) is 11.8. The number of hydrogen-bond acceptors (Lipinski definition) is 15. The van der Waals surface area contributed by atoms with Gasteiger partial charge < -0.3 is 47.4 Å². The Morgan fingerprint density at radius 2 is 0.458 bits per heavy atom. The minimum Gasteiger partial charge on any atom is -0.437 e. The SMILES string of the molecule is COC(=O)Oc1ccc(C(C)(C)c2ccc(OC(=O)OC)cc2)cc1.COC(=O)Oc1ccc(C(C)(c2ccc(OC(=O)OC)cc2)c2ccc(C(C)(C)c3ccc(OC(=O)OC(C)(C)C)cc3)cc2)cc1. The highest BCUT2D eigenvalue weighted by atomic mass is 16.7. The maximum Gasteiger partial charge on any atom is 0.514 e. The largest absolute Gasteiger partial charge is 0.514 e. The molecule has 0 aliphatic heterocycles. The Balaban J connectivity index is 0.000000323. The van der Waals surface area contributed by atoms with Crippen LogP contribution in [0.15, 0.2) is 146 Å². The minimum atomic E-state index is -0.801. The van der Waals surface area contributed by atoms with Gasteiger partial charge in [-0.05, 0) is 127 Å². The van der Waals surface area contributed by atoms with Gasteiger partial charge in [-0.25, -0.2) is 24.0 Å². The van der Waals surface area contributed by atoms with E-state index in [1.807, 2.05) is 60.7 Å². The number of hydrogen-bond donors (Lipinski definition) is 0. The van der Waals surface area contributed by atoms with Crippen molar-refractivity contribution in [2.24, 2.45) is 0 Å². The standard InChI is InChI=1S/C38H40O9.C19H20O6/c1-36(2,3)47-35(41)46-32-19-13-26(14-20-32)37(4,5)25-9-11-27(12-10-25)38(6,28-15-21-30(22-16-28)44-33(39)42-7)29-17-23-31(24-18-29)45-34(40)43-8;1-19(2,13-5-9-15(10-6-13)24-17(20)22-3)14-7-11-16(12-8-14)25-18(21)23-4/h9-24H,1-8H3;5-12H,1-4H3. The fourth-order valence-corrected chi connectivity index (χ4v) is 7.50. The molecule has 0 amide bonds. The molecule has 0 bridgehead atoms. The molecule has 378 valence electrons. The van der Waals surface area contributed by atoms with Crippen LogP contribution in [-0.2, 0) is 39.9 Å². The number of rotatable bonds is 12. The second kappa shape index (κ2) is 23.5. The number of benzene rings is 6. The van der Waals surface area contributed by atoms with Crippen LogP contribution in [0.5, 0.6) is 28.7 Å². The molecule has 72 heavy (non-hydrogen) atoms. The molecule has 0 saturated carbocycles. The van der Waals surface area contributed by atoms with Gasteiger partial charge in [0.05, 0.1) is 28.4 Å². The highest BCUT2D eigenvalue weighted by Gasteiger charge is 2.33. The van der Waals surface area contributed by atoms with Crippen molar-refractivity contribution in [2.45, 2.75) is 77.2 Å². The zero-order valence-corrected chi connectivity index (χ0v) is 42.5. The van der Waals surface area contributed by atoms with Gasteiger partial charge in [0.15, 0.2) is 0 Å². The summed E-state index contributed by atoms with van der Waals surface area (Å²) in [5.74, 6) is 1.92. The van der Waals surface area contributed by atoms with Gasteiger partial charge in [0.25, 0.3) is 0 Å². The van der Waals surface area contributed by atoms with Gasteiger partial charge >= 0.3 is 30.8 Å². The van der Waals surface area contributed by atoms with Crippen molar-refractivity contribution in [3.8, 4) is 28.7 Å². The third kappa shape index (κ3) is 14.1. The summed E-state index contributed by atoms with van der Waals surface area (Å²) >= 11 is 0. The number of carbonyl (C=O) groups excluding carboxylic acids is 5. The lowest BCUT2D eigenvalue weighted by atomic mass is 9.70. The second-order valence-electron chi connectivity index (χ2n) is 18.4. The third-order valence-corrected chi connectivity index (χ3v) is 11.8. The van der Waals surface area contributed by atoms with E-state index in [1.165, 1.54) is 28.4 Å². The maximum atomic E-state index is 12.1. The molecule has 0 aliphatic rings. The van der Waals surface area contributed by atoms with E-state index in [9.17, 15) is 24.0 Å². The fourth-order valence-electron chi connectivity index (χ4n) is 7.50. The number of carbonyl (C=O) groups is 5. The zero-order chi connectivity index (χ0) is 52.9. The lowest BCUT2D eigenvalue weighted by molar-refractivity contribution is 0.0205. The molecular formula is C57H60O15. The van der Waals surface area contributed by atoms with Gasteiger partial charge in [-0.3, -0.25) is 0 Å². The normalized spacial score (nSPS) is 11.3. The molecule has 6 aromatic rings. The molecule has 0 fully saturated rings. The van der Waals surface area contributed by atoms with E-state index >= 15 is 0 Å². The molecule has 0 aromatic heterocycles. The van der Waals surface area contributed by atoms with Gasteiger partial charge in [-0.2, -0.15) is 0 Å². The summed E-state index contributed by atoms with van der Waals surface area (Å²) in [7, 11) is 5.02. The molecule has 15 nitrogen and oxygen atoms in total. The Morgan fingerprint density at radius 3 is 0.667 bits per heavy atom. The molecule has 0 unspecified atom stereocenters. The molecule has 0 saturated heterocycles. The van der Waals surface area contributed by atoms with Crippen molar-refractivity contribution in [2.75, 3.05) is 28.4 Å². The van der Waals surface area contributed by atoms with Crippen LogP contribution in [0.1, 0.15) is 94.3 Å². The zero-order valence-electron chi connectivity index (χ0n) is 42.5. The van der Waals surface area contributed by atoms with Crippen LogP contribution < -0.4 is 23.7 Å². The van der Waals surface area contributed by atoms with Gasteiger partial charge in [0, 0.05) is 16.2 Å². The van der Waals surface area contributed by atoms with Crippen LogP contribution in [0.3, 0.4) is 0 Å². The van der Waals surface area contributed by atoms with E-state index in [0.29, 0.717) is 28.7 Å². The first-order chi connectivity index (χ1) is 34.0. The van der Waals surface area contributed by atoms with Crippen molar-refractivity contribution in [1.82, 2.24) is 0 Å². The van der Waals surface area contributed by atoms with E-state index in [1.54, 1.807) is 81.4 Å². The lowest BCUT2D eigenvalue weighted by Gasteiger charge is -2.33. The highest BCUT2D eigenvalue weighted by molar-refractivity contribution is 5.66. The predicted molar refractivity (Wildman–Crippen MR) is 267 cm³/mol. The fraction of sp³-hybridized carbons (Fsp3) is 0.281. The molecular weight excluding hydrogens is 925 g/mol. The first kappa shape index (κ1) is 54.6. The van der Waals surface area contributed by atoms with Crippen LogP contribution in [-0.4, -0.2) is 64.8 Å². The summed E-state index contributed by atoms with van der Waals surface area (Å²) in [6.45, 7) is 15.8. The first-order valence-corrected chi connectivity index (χ1v) is 22.6. The predicted octanol–water partition coefficient (Wildman–Crippen LogP) is 13.3. The van der Waals surface area contributed by atoms with Crippen molar-refractivity contribution in [3.05, 3.63) is 185 Å². The van der Waals surface area contributed by atoms with Crippen LogP contribution >= 0.6 is 0 Å². The van der Waals surface area contributed by atoms with Gasteiger partial charge in [-0.15, -0.1) is 0 Å². The summed E-state index contributed by atoms with van der Waals surface area (Å²) in [5.41, 5.74) is 5.07. The first-order valence-electron chi connectivity index (χ1n) is 22.6. The van der Waals surface area contributed by atoms with E-state index in [-0.39, 0.29) is 10.8 Å². The van der Waals surface area contributed by atoms with E-state index in [0.717, 1.165) is 38.9 Å². The average Bonchev–Trinajstić information content (AvgIpc) is 3.36. The molecule has 0 radical (unpaired) electrons. The number of ether oxygens (including phenoxy) is 10. The van der Waals surface area contributed by atoms with Gasteiger partial charge in [-0.1, -0.05) is 113 Å². The van der Waals surface area contributed by atoms with Crippen LogP contribution in [0.25, 0.3) is 0 Å². The van der Waals surface area contributed by atoms with Crippen molar-refractivity contribution < 1.29 is 71.3 Å². The average molecular weight is 985 g/mol. The van der Waals surface area contributed by atoms with E-state index < -0.39 is 41.8 Å². The van der Waals surface area contributed by atoms with Crippen molar-refractivity contribution >= 4 is 30.8 Å².